The standard InChI is InChI=1S/C19H23FN2O3/c1-13(2)17-10-18(25-21-17)19(23)22-9-3-4-14(11-22)12-24-16-7-5-15(20)6-8-16/h5-8,10,13-14H,3-4,9,11-12H2,1-2H3/t14-/m0/s1. The molecule has 0 N–H and O–H groups in total. The van der Waals surface area contributed by atoms with Crippen molar-refractivity contribution in [2.75, 3.05) is 19.7 Å². The molecule has 1 aromatic carbocycles. The number of benzene rings is 1. The molecule has 1 fully saturated rings. The summed E-state index contributed by atoms with van der Waals surface area (Å²) in [5, 5.41) is 3.96. The third-order valence-electron chi connectivity index (χ3n) is 4.44. The van der Waals surface area contributed by atoms with E-state index in [1.807, 2.05) is 13.8 Å². The van der Waals surface area contributed by atoms with E-state index in [0.29, 0.717) is 31.2 Å². The fraction of sp³-hybridized carbons (Fsp3) is 0.474. The topological polar surface area (TPSA) is 55.6 Å². The highest BCUT2D eigenvalue weighted by molar-refractivity contribution is 5.91. The van der Waals surface area contributed by atoms with Gasteiger partial charge < -0.3 is 14.2 Å². The Hall–Kier alpha value is -2.37. The van der Waals surface area contributed by atoms with E-state index in [-0.39, 0.29) is 23.6 Å². The summed E-state index contributed by atoms with van der Waals surface area (Å²) in [7, 11) is 0. The zero-order valence-corrected chi connectivity index (χ0v) is 14.6. The lowest BCUT2D eigenvalue weighted by molar-refractivity contribution is 0.0593. The Morgan fingerprint density at radius 1 is 1.40 bits per heavy atom. The minimum Gasteiger partial charge on any atom is -0.493 e. The van der Waals surface area contributed by atoms with Gasteiger partial charge in [0.15, 0.2) is 0 Å². The van der Waals surface area contributed by atoms with E-state index in [1.54, 1.807) is 23.1 Å². The van der Waals surface area contributed by atoms with E-state index in [4.69, 9.17) is 9.26 Å². The Bertz CT molecular complexity index is 712. The number of amides is 1. The number of carbonyl (C=O) groups is 1. The highest BCUT2D eigenvalue weighted by atomic mass is 19.1. The fourth-order valence-corrected chi connectivity index (χ4v) is 2.95. The van der Waals surface area contributed by atoms with Gasteiger partial charge in [-0.3, -0.25) is 4.79 Å². The van der Waals surface area contributed by atoms with Crippen LogP contribution in [0.1, 0.15) is 48.9 Å². The zero-order chi connectivity index (χ0) is 17.8. The Labute approximate surface area is 146 Å². The molecule has 3 rings (SSSR count). The molecule has 1 aliphatic rings. The summed E-state index contributed by atoms with van der Waals surface area (Å²) in [6, 6.07) is 7.71. The highest BCUT2D eigenvalue weighted by Crippen LogP contribution is 2.22. The van der Waals surface area contributed by atoms with Crippen molar-refractivity contribution < 1.29 is 18.4 Å². The molecule has 2 aromatic rings. The highest BCUT2D eigenvalue weighted by Gasteiger charge is 2.27. The van der Waals surface area contributed by atoms with Crippen LogP contribution in [0.15, 0.2) is 34.9 Å². The van der Waals surface area contributed by atoms with E-state index >= 15 is 0 Å². The maximum absolute atomic E-state index is 12.9. The van der Waals surface area contributed by atoms with Gasteiger partial charge in [0, 0.05) is 25.1 Å². The lowest BCUT2D eigenvalue weighted by Gasteiger charge is -2.32. The van der Waals surface area contributed by atoms with E-state index in [9.17, 15) is 9.18 Å². The third kappa shape index (κ3) is 4.38. The Kier molecular flexibility index (Phi) is 5.36. The minimum absolute atomic E-state index is 0.120. The van der Waals surface area contributed by atoms with Crippen LogP contribution in [-0.2, 0) is 0 Å². The van der Waals surface area contributed by atoms with Crippen LogP contribution >= 0.6 is 0 Å². The first kappa shape index (κ1) is 17.5. The van der Waals surface area contributed by atoms with Gasteiger partial charge in [0.1, 0.15) is 11.6 Å². The lowest BCUT2D eigenvalue weighted by atomic mass is 9.98. The van der Waals surface area contributed by atoms with Crippen molar-refractivity contribution >= 4 is 5.91 Å². The van der Waals surface area contributed by atoms with E-state index < -0.39 is 0 Å². The van der Waals surface area contributed by atoms with Crippen molar-refractivity contribution in [2.45, 2.75) is 32.6 Å². The Balaban J connectivity index is 1.56. The fourth-order valence-electron chi connectivity index (χ4n) is 2.95. The summed E-state index contributed by atoms with van der Waals surface area (Å²) in [5.41, 5.74) is 0.788. The normalized spacial score (nSPS) is 17.8. The largest absolute Gasteiger partial charge is 0.493 e. The molecule has 1 aliphatic heterocycles. The van der Waals surface area contributed by atoms with E-state index in [0.717, 1.165) is 18.5 Å². The summed E-state index contributed by atoms with van der Waals surface area (Å²) >= 11 is 0. The molecule has 1 amide bonds. The number of hydrogen-bond donors (Lipinski definition) is 0. The molecule has 6 heteroatoms. The van der Waals surface area contributed by atoms with Crippen molar-refractivity contribution in [1.82, 2.24) is 10.1 Å². The molecule has 0 unspecified atom stereocenters. The Morgan fingerprint density at radius 3 is 2.84 bits per heavy atom. The predicted molar refractivity (Wildman–Crippen MR) is 91.1 cm³/mol. The predicted octanol–water partition coefficient (Wildman–Crippen LogP) is 3.87. The first-order chi connectivity index (χ1) is 12.0. The van der Waals surface area contributed by atoms with Crippen LogP contribution in [0, 0.1) is 11.7 Å². The van der Waals surface area contributed by atoms with Gasteiger partial charge in [-0.25, -0.2) is 4.39 Å². The molecule has 134 valence electrons. The van der Waals surface area contributed by atoms with Gasteiger partial charge in [0.2, 0.25) is 5.76 Å². The second-order valence-corrected chi connectivity index (χ2v) is 6.80. The van der Waals surface area contributed by atoms with Crippen molar-refractivity contribution in [3.05, 3.63) is 47.6 Å². The van der Waals surface area contributed by atoms with Gasteiger partial charge in [-0.15, -0.1) is 0 Å². The molecule has 0 radical (unpaired) electrons. The molecule has 1 atom stereocenters. The number of halogens is 1. The number of hydrogen-bond acceptors (Lipinski definition) is 4. The van der Waals surface area contributed by atoms with E-state index in [2.05, 4.69) is 5.16 Å². The maximum Gasteiger partial charge on any atom is 0.292 e. The van der Waals surface area contributed by atoms with Gasteiger partial charge in [0.25, 0.3) is 5.91 Å². The van der Waals surface area contributed by atoms with Crippen LogP contribution in [0.2, 0.25) is 0 Å². The molecule has 0 saturated carbocycles. The monoisotopic (exact) mass is 346 g/mol. The molecule has 1 aromatic heterocycles. The summed E-state index contributed by atoms with van der Waals surface area (Å²) in [6.07, 6.45) is 1.92. The van der Waals surface area contributed by atoms with Gasteiger partial charge in [-0.1, -0.05) is 19.0 Å². The average molecular weight is 346 g/mol. The molecule has 0 spiro atoms. The molecular formula is C19H23FN2O3. The second-order valence-electron chi connectivity index (χ2n) is 6.80. The number of piperidine rings is 1. The molecule has 0 aliphatic carbocycles. The summed E-state index contributed by atoms with van der Waals surface area (Å²) in [4.78, 5) is 14.4. The smallest absolute Gasteiger partial charge is 0.292 e. The SMILES string of the molecule is CC(C)c1cc(C(=O)N2CCC[C@H](COc3ccc(F)cc3)C2)on1. The maximum atomic E-state index is 12.9. The Morgan fingerprint density at radius 2 is 2.16 bits per heavy atom. The van der Waals surface area contributed by atoms with Crippen LogP contribution in [0.25, 0.3) is 0 Å². The quantitative estimate of drug-likeness (QED) is 0.825. The number of likely N-dealkylation sites (tertiary alicyclic amines) is 1. The summed E-state index contributed by atoms with van der Waals surface area (Å²) < 4.78 is 23.9. The minimum atomic E-state index is -0.283. The number of carbonyl (C=O) groups excluding carboxylic acids is 1. The molecular weight excluding hydrogens is 323 g/mol. The average Bonchev–Trinajstić information content (AvgIpc) is 3.11. The van der Waals surface area contributed by atoms with Crippen LogP contribution in [0.4, 0.5) is 4.39 Å². The van der Waals surface area contributed by atoms with Crippen LogP contribution in [0.3, 0.4) is 0 Å². The summed E-state index contributed by atoms with van der Waals surface area (Å²) in [6.45, 7) is 5.86. The first-order valence-corrected chi connectivity index (χ1v) is 8.67. The van der Waals surface area contributed by atoms with Gasteiger partial charge in [-0.05, 0) is 43.0 Å². The van der Waals surface area contributed by atoms with Gasteiger partial charge >= 0.3 is 0 Å². The number of aromatic nitrogens is 1. The number of rotatable bonds is 5. The molecule has 1 saturated heterocycles. The van der Waals surface area contributed by atoms with Crippen molar-refractivity contribution in [2.24, 2.45) is 5.92 Å². The molecule has 2 heterocycles. The first-order valence-electron chi connectivity index (χ1n) is 8.67. The van der Waals surface area contributed by atoms with Gasteiger partial charge in [-0.2, -0.15) is 0 Å². The molecule has 25 heavy (non-hydrogen) atoms. The van der Waals surface area contributed by atoms with Gasteiger partial charge in [0.05, 0.1) is 12.3 Å². The van der Waals surface area contributed by atoms with Crippen molar-refractivity contribution in [3.63, 3.8) is 0 Å². The van der Waals surface area contributed by atoms with E-state index in [1.165, 1.54) is 12.1 Å². The summed E-state index contributed by atoms with van der Waals surface area (Å²) in [5.74, 6) is 1.00. The number of nitrogens with zero attached hydrogens (tertiary/aromatic N) is 2. The van der Waals surface area contributed by atoms with Crippen LogP contribution in [0.5, 0.6) is 5.75 Å². The second kappa shape index (κ2) is 7.68. The molecule has 0 bridgehead atoms. The number of ether oxygens (including phenoxy) is 1. The lowest BCUT2D eigenvalue weighted by Crippen LogP contribution is -2.41. The third-order valence-corrected chi connectivity index (χ3v) is 4.44. The molecule has 5 nitrogen and oxygen atoms in total. The zero-order valence-electron chi connectivity index (χ0n) is 14.6. The van der Waals surface area contributed by atoms with Crippen LogP contribution in [-0.4, -0.2) is 35.7 Å². The van der Waals surface area contributed by atoms with Crippen molar-refractivity contribution in [3.8, 4) is 5.75 Å². The van der Waals surface area contributed by atoms with Crippen molar-refractivity contribution in [1.29, 1.82) is 0 Å². The van der Waals surface area contributed by atoms with Crippen LogP contribution < -0.4 is 4.74 Å².